The molecule has 1 spiro atoms. The molecule has 0 aromatic carbocycles. The smallest absolute Gasteiger partial charge is 0.219 e. The molecule has 2 heteroatoms. The molecule has 114 valence electrons. The van der Waals surface area contributed by atoms with Crippen molar-refractivity contribution in [2.75, 3.05) is 13.1 Å². The van der Waals surface area contributed by atoms with Crippen molar-refractivity contribution in [2.24, 2.45) is 11.3 Å². The fraction of sp³-hybridized carbons (Fsp3) is 0.941. The zero-order valence-corrected chi connectivity index (χ0v) is 14.1. The first-order valence-corrected chi connectivity index (χ1v) is 8.41. The molecule has 1 aliphatic heterocycles. The van der Waals surface area contributed by atoms with Crippen molar-refractivity contribution in [1.29, 1.82) is 0 Å². The number of carbonyl (C=O) groups is 1. The summed E-state index contributed by atoms with van der Waals surface area (Å²) < 4.78 is 0. The second-order valence-corrected chi connectivity index (χ2v) is 5.52. The maximum absolute atomic E-state index is 11.2. The predicted octanol–water partition coefficient (Wildman–Crippen LogP) is 4.88. The zero-order valence-electron chi connectivity index (χ0n) is 14.1. The number of carbonyl (C=O) groups excluding carboxylic acids is 1. The molecule has 0 aromatic heterocycles. The second kappa shape index (κ2) is 9.39. The molecule has 0 bridgehead atoms. The van der Waals surface area contributed by atoms with E-state index in [-0.39, 0.29) is 5.91 Å². The maximum atomic E-state index is 11.2. The highest BCUT2D eigenvalue weighted by molar-refractivity contribution is 5.73. The number of hydrogen-bond acceptors (Lipinski definition) is 1. The van der Waals surface area contributed by atoms with Gasteiger partial charge in [-0.15, -0.1) is 0 Å². The van der Waals surface area contributed by atoms with Crippen LogP contribution in [0.5, 0.6) is 0 Å². The van der Waals surface area contributed by atoms with E-state index in [4.69, 9.17) is 0 Å². The van der Waals surface area contributed by atoms with E-state index < -0.39 is 0 Å². The van der Waals surface area contributed by atoms with Gasteiger partial charge in [0.1, 0.15) is 0 Å². The summed E-state index contributed by atoms with van der Waals surface area (Å²) in [6, 6.07) is 0. The molecule has 1 saturated carbocycles. The molecule has 0 radical (unpaired) electrons. The Kier molecular flexibility index (Phi) is 9.12. The number of likely N-dealkylation sites (tertiary alicyclic amines) is 1. The SMILES string of the molecule is CC.CC.CCC1CCC2(CCN(C(C)=O)CC2)C1. The molecule has 2 fully saturated rings. The van der Waals surface area contributed by atoms with Crippen LogP contribution in [0.1, 0.15) is 80.1 Å². The molecular weight excluding hydrogens is 234 g/mol. The zero-order chi connectivity index (χ0) is 14.9. The molecule has 2 nitrogen and oxygen atoms in total. The first kappa shape index (κ1) is 18.5. The van der Waals surface area contributed by atoms with Gasteiger partial charge >= 0.3 is 0 Å². The van der Waals surface area contributed by atoms with Gasteiger partial charge in [-0.25, -0.2) is 0 Å². The summed E-state index contributed by atoms with van der Waals surface area (Å²) in [5, 5.41) is 0. The van der Waals surface area contributed by atoms with Crippen molar-refractivity contribution in [3.63, 3.8) is 0 Å². The molecule has 1 unspecified atom stereocenters. The van der Waals surface area contributed by atoms with Crippen LogP contribution in [-0.4, -0.2) is 23.9 Å². The quantitative estimate of drug-likeness (QED) is 0.664. The van der Waals surface area contributed by atoms with Gasteiger partial charge in [-0.2, -0.15) is 0 Å². The second-order valence-electron chi connectivity index (χ2n) is 5.52. The standard InChI is InChI=1S/C13H23NO.2C2H6/c1-3-12-4-5-13(10-12)6-8-14(9-7-13)11(2)15;2*1-2/h12H,3-10H2,1-2H3;2*1-2H3. The van der Waals surface area contributed by atoms with Gasteiger partial charge < -0.3 is 4.90 Å². The summed E-state index contributed by atoms with van der Waals surface area (Å²) in [5.74, 6) is 1.23. The van der Waals surface area contributed by atoms with Crippen molar-refractivity contribution in [3.05, 3.63) is 0 Å². The third-order valence-electron chi connectivity index (χ3n) is 4.65. The van der Waals surface area contributed by atoms with Crippen LogP contribution >= 0.6 is 0 Å². The van der Waals surface area contributed by atoms with E-state index in [9.17, 15) is 4.79 Å². The minimum Gasteiger partial charge on any atom is -0.343 e. The van der Waals surface area contributed by atoms with Gasteiger partial charge in [-0.1, -0.05) is 41.0 Å². The Bertz CT molecular complexity index is 242. The van der Waals surface area contributed by atoms with Gasteiger partial charge in [0.05, 0.1) is 0 Å². The summed E-state index contributed by atoms with van der Waals surface area (Å²) in [6.45, 7) is 14.0. The first-order chi connectivity index (χ1) is 9.15. The highest BCUT2D eigenvalue weighted by Crippen LogP contribution is 2.49. The lowest BCUT2D eigenvalue weighted by atomic mass is 9.76. The van der Waals surface area contributed by atoms with E-state index in [2.05, 4.69) is 6.92 Å². The third-order valence-corrected chi connectivity index (χ3v) is 4.65. The van der Waals surface area contributed by atoms with Crippen molar-refractivity contribution in [3.8, 4) is 0 Å². The van der Waals surface area contributed by atoms with Crippen LogP contribution in [0, 0.1) is 11.3 Å². The largest absolute Gasteiger partial charge is 0.343 e. The molecular formula is C17H35NO. The summed E-state index contributed by atoms with van der Waals surface area (Å²) in [6.07, 6.45) is 8.12. The van der Waals surface area contributed by atoms with Crippen molar-refractivity contribution >= 4 is 5.91 Å². The van der Waals surface area contributed by atoms with Gasteiger partial charge in [-0.05, 0) is 43.4 Å². The van der Waals surface area contributed by atoms with Crippen LogP contribution < -0.4 is 0 Å². The van der Waals surface area contributed by atoms with Crippen molar-refractivity contribution < 1.29 is 4.79 Å². The highest BCUT2D eigenvalue weighted by Gasteiger charge is 2.40. The van der Waals surface area contributed by atoms with Crippen molar-refractivity contribution in [1.82, 2.24) is 4.90 Å². The van der Waals surface area contributed by atoms with Crippen LogP contribution in [0.3, 0.4) is 0 Å². The monoisotopic (exact) mass is 269 g/mol. The molecule has 1 atom stereocenters. The number of rotatable bonds is 1. The molecule has 1 aliphatic carbocycles. The van der Waals surface area contributed by atoms with E-state index in [1.54, 1.807) is 6.92 Å². The van der Waals surface area contributed by atoms with Gasteiger partial charge in [0.25, 0.3) is 0 Å². The molecule has 1 amide bonds. The molecule has 19 heavy (non-hydrogen) atoms. The lowest BCUT2D eigenvalue weighted by molar-refractivity contribution is -0.131. The summed E-state index contributed by atoms with van der Waals surface area (Å²) in [5.41, 5.74) is 0.618. The normalized spacial score (nSPS) is 24.1. The van der Waals surface area contributed by atoms with E-state index in [1.807, 2.05) is 32.6 Å². The number of piperidine rings is 1. The lowest BCUT2D eigenvalue weighted by Crippen LogP contribution is -2.41. The Morgan fingerprint density at radius 2 is 1.63 bits per heavy atom. The average Bonchev–Trinajstić information content (AvgIpc) is 2.87. The maximum Gasteiger partial charge on any atom is 0.219 e. The van der Waals surface area contributed by atoms with Gasteiger partial charge in [0, 0.05) is 20.0 Å². The first-order valence-electron chi connectivity index (χ1n) is 8.41. The number of amides is 1. The molecule has 1 saturated heterocycles. The van der Waals surface area contributed by atoms with Crippen LogP contribution in [0.4, 0.5) is 0 Å². The minimum absolute atomic E-state index is 0.259. The Labute approximate surface area is 120 Å². The Morgan fingerprint density at radius 3 is 2.00 bits per heavy atom. The van der Waals surface area contributed by atoms with E-state index in [1.165, 1.54) is 38.5 Å². The van der Waals surface area contributed by atoms with E-state index in [0.29, 0.717) is 5.41 Å². The summed E-state index contributed by atoms with van der Waals surface area (Å²) in [4.78, 5) is 13.3. The van der Waals surface area contributed by atoms with Crippen LogP contribution in [0.15, 0.2) is 0 Å². The molecule has 0 aromatic rings. The van der Waals surface area contributed by atoms with Crippen LogP contribution in [0.25, 0.3) is 0 Å². The number of nitrogens with zero attached hydrogens (tertiary/aromatic N) is 1. The van der Waals surface area contributed by atoms with Gasteiger partial charge in [0.2, 0.25) is 5.91 Å². The Hall–Kier alpha value is -0.530. The highest BCUT2D eigenvalue weighted by atomic mass is 16.2. The van der Waals surface area contributed by atoms with E-state index >= 15 is 0 Å². The minimum atomic E-state index is 0.259. The van der Waals surface area contributed by atoms with Crippen molar-refractivity contribution in [2.45, 2.75) is 80.1 Å². The Morgan fingerprint density at radius 1 is 1.11 bits per heavy atom. The molecule has 0 N–H and O–H groups in total. The number of hydrogen-bond donors (Lipinski definition) is 0. The fourth-order valence-electron chi connectivity index (χ4n) is 3.43. The van der Waals surface area contributed by atoms with Gasteiger partial charge in [0.15, 0.2) is 0 Å². The summed E-state index contributed by atoms with van der Waals surface area (Å²) in [7, 11) is 0. The third kappa shape index (κ3) is 5.16. The van der Waals surface area contributed by atoms with E-state index in [0.717, 1.165) is 19.0 Å². The average molecular weight is 269 g/mol. The Balaban J connectivity index is 0.000000741. The fourth-order valence-corrected chi connectivity index (χ4v) is 3.43. The lowest BCUT2D eigenvalue weighted by Gasteiger charge is -2.39. The van der Waals surface area contributed by atoms with Crippen LogP contribution in [0.2, 0.25) is 0 Å². The topological polar surface area (TPSA) is 20.3 Å². The predicted molar refractivity (Wildman–Crippen MR) is 84.2 cm³/mol. The molecule has 2 rings (SSSR count). The molecule has 2 aliphatic rings. The van der Waals surface area contributed by atoms with Crippen LogP contribution in [-0.2, 0) is 4.79 Å². The van der Waals surface area contributed by atoms with Gasteiger partial charge in [-0.3, -0.25) is 4.79 Å². The summed E-state index contributed by atoms with van der Waals surface area (Å²) >= 11 is 0. The molecule has 1 heterocycles.